The number of piperidine rings is 1. The van der Waals surface area contributed by atoms with Crippen LogP contribution in [0.15, 0.2) is 36.5 Å². The van der Waals surface area contributed by atoms with Gasteiger partial charge in [0.1, 0.15) is 5.69 Å². The fraction of sp³-hybridized carbons (Fsp3) is 0.613. The molecule has 1 saturated carbocycles. The Labute approximate surface area is 240 Å². The van der Waals surface area contributed by atoms with Gasteiger partial charge in [-0.15, -0.1) is 0 Å². The Kier molecular flexibility index (Phi) is 9.09. The number of halogens is 3. The topological polar surface area (TPSA) is 69.6 Å². The second kappa shape index (κ2) is 12.6. The molecule has 2 amide bonds. The van der Waals surface area contributed by atoms with Gasteiger partial charge < -0.3 is 25.0 Å². The second-order valence-electron chi connectivity index (χ2n) is 12.2. The van der Waals surface area contributed by atoms with Crippen LogP contribution in [0.4, 0.5) is 13.2 Å². The van der Waals surface area contributed by atoms with E-state index < -0.39 is 11.7 Å². The molecule has 7 nitrogen and oxygen atoms in total. The van der Waals surface area contributed by atoms with Gasteiger partial charge in [-0.3, -0.25) is 9.59 Å². The first-order chi connectivity index (χ1) is 19.6. The number of carbonyl (C=O) groups excluding carboxylic acids is 2. The van der Waals surface area contributed by atoms with Crippen molar-refractivity contribution in [1.29, 1.82) is 0 Å². The van der Waals surface area contributed by atoms with Gasteiger partial charge in [-0.25, -0.2) is 0 Å². The average Bonchev–Trinajstić information content (AvgIpc) is 3.42. The Morgan fingerprint density at radius 1 is 1.07 bits per heavy atom. The van der Waals surface area contributed by atoms with Crippen LogP contribution in [0.25, 0.3) is 11.1 Å². The van der Waals surface area contributed by atoms with Crippen LogP contribution in [0.3, 0.4) is 0 Å². The Morgan fingerprint density at radius 3 is 2.49 bits per heavy atom. The van der Waals surface area contributed by atoms with Crippen LogP contribution in [-0.2, 0) is 11.0 Å². The van der Waals surface area contributed by atoms with E-state index in [4.69, 9.17) is 0 Å². The summed E-state index contributed by atoms with van der Waals surface area (Å²) >= 11 is 0. The lowest BCUT2D eigenvalue weighted by Gasteiger charge is -2.39. The lowest BCUT2D eigenvalue weighted by atomic mass is 9.83. The highest BCUT2D eigenvalue weighted by atomic mass is 19.4. The molecule has 2 aromatic rings. The molecule has 2 atom stereocenters. The van der Waals surface area contributed by atoms with E-state index >= 15 is 0 Å². The number of nitrogens with zero attached hydrogens (tertiary/aromatic N) is 3. The van der Waals surface area contributed by atoms with Crippen molar-refractivity contribution in [1.82, 2.24) is 25.0 Å². The number of likely N-dealkylation sites (tertiary alicyclic amines) is 1. The van der Waals surface area contributed by atoms with Crippen molar-refractivity contribution in [2.24, 2.45) is 5.92 Å². The summed E-state index contributed by atoms with van der Waals surface area (Å²) in [6.45, 7) is 3.21. The summed E-state index contributed by atoms with van der Waals surface area (Å²) in [5, 5.41) is 6.24. The van der Waals surface area contributed by atoms with E-state index in [9.17, 15) is 22.8 Å². The second-order valence-corrected chi connectivity index (χ2v) is 12.2. The number of amides is 2. The third-order valence-corrected chi connectivity index (χ3v) is 9.22. The van der Waals surface area contributed by atoms with Crippen molar-refractivity contribution in [3.63, 3.8) is 0 Å². The summed E-state index contributed by atoms with van der Waals surface area (Å²) in [4.78, 5) is 30.9. The number of carbonyl (C=O) groups is 2. The summed E-state index contributed by atoms with van der Waals surface area (Å²) < 4.78 is 41.6. The molecule has 2 fully saturated rings. The number of alkyl halides is 3. The smallest absolute Gasteiger partial charge is 0.352 e. The Morgan fingerprint density at radius 2 is 1.80 bits per heavy atom. The maximum atomic E-state index is 13.5. The van der Waals surface area contributed by atoms with Crippen molar-refractivity contribution >= 4 is 11.8 Å². The molecule has 1 aromatic heterocycles. The van der Waals surface area contributed by atoms with Gasteiger partial charge in [-0.05, 0) is 82.5 Å². The quantitative estimate of drug-likeness (QED) is 0.470. The summed E-state index contributed by atoms with van der Waals surface area (Å²) in [5.74, 6) is 0.117. The van der Waals surface area contributed by atoms with Crippen molar-refractivity contribution < 1.29 is 22.8 Å². The fourth-order valence-electron chi connectivity index (χ4n) is 6.79. The van der Waals surface area contributed by atoms with Crippen LogP contribution in [0.5, 0.6) is 0 Å². The molecule has 3 aliphatic rings. The predicted octanol–water partition coefficient (Wildman–Crippen LogP) is 4.94. The summed E-state index contributed by atoms with van der Waals surface area (Å²) in [5.41, 5.74) is 0.524. The van der Waals surface area contributed by atoms with Gasteiger partial charge in [0.25, 0.3) is 5.91 Å². The lowest BCUT2D eigenvalue weighted by molar-refractivity contribution is -0.137. The third kappa shape index (κ3) is 7.15. The molecular weight excluding hydrogens is 531 g/mol. The zero-order chi connectivity index (χ0) is 29.1. The SMILES string of the molecule is CN(C)C1CCN(C[C@@H](NC(=O)C[C@H]2CNC(=O)c3cc(-c4cccc(C(F)(F)F)c4)cn32)C2CCCCC2)CC1. The first-order valence-corrected chi connectivity index (χ1v) is 14.9. The number of aromatic nitrogens is 1. The predicted molar refractivity (Wildman–Crippen MR) is 153 cm³/mol. The zero-order valence-corrected chi connectivity index (χ0v) is 24.1. The monoisotopic (exact) mass is 573 g/mol. The van der Waals surface area contributed by atoms with Crippen LogP contribution in [0.2, 0.25) is 0 Å². The molecule has 0 spiro atoms. The minimum Gasteiger partial charge on any atom is -0.352 e. The summed E-state index contributed by atoms with van der Waals surface area (Å²) in [6.07, 6.45) is 5.59. The van der Waals surface area contributed by atoms with Crippen LogP contribution in [0.1, 0.15) is 73.5 Å². The number of nitrogens with one attached hydrogen (secondary N) is 2. The van der Waals surface area contributed by atoms with E-state index in [0.717, 1.165) is 57.5 Å². The van der Waals surface area contributed by atoms with Crippen LogP contribution in [-0.4, -0.2) is 78.5 Å². The molecular formula is C31H42F3N5O2. The van der Waals surface area contributed by atoms with E-state index in [2.05, 4.69) is 34.5 Å². The summed E-state index contributed by atoms with van der Waals surface area (Å²) in [6, 6.07) is 7.08. The number of fused-ring (bicyclic) bond motifs is 1. The molecule has 3 heterocycles. The van der Waals surface area contributed by atoms with Crippen molar-refractivity contribution in [2.45, 2.75) is 75.7 Å². The fourth-order valence-corrected chi connectivity index (χ4v) is 6.79. The van der Waals surface area contributed by atoms with Crippen LogP contribution < -0.4 is 10.6 Å². The van der Waals surface area contributed by atoms with Crippen LogP contribution in [0, 0.1) is 5.92 Å². The van der Waals surface area contributed by atoms with E-state index in [1.54, 1.807) is 22.9 Å². The number of benzene rings is 1. The normalized spacial score (nSPS) is 21.9. The van der Waals surface area contributed by atoms with Crippen molar-refractivity contribution in [3.05, 3.63) is 47.8 Å². The van der Waals surface area contributed by atoms with Crippen molar-refractivity contribution in [3.8, 4) is 11.1 Å². The van der Waals surface area contributed by atoms with E-state index in [-0.39, 0.29) is 30.3 Å². The zero-order valence-electron chi connectivity index (χ0n) is 24.1. The first-order valence-electron chi connectivity index (χ1n) is 14.9. The van der Waals surface area contributed by atoms with Crippen molar-refractivity contribution in [2.75, 3.05) is 40.3 Å². The molecule has 0 unspecified atom stereocenters. The lowest BCUT2D eigenvalue weighted by Crippen LogP contribution is -2.52. The number of rotatable bonds is 8. The first kappa shape index (κ1) is 29.6. The average molecular weight is 574 g/mol. The molecule has 1 aliphatic carbocycles. The van der Waals surface area contributed by atoms with Gasteiger partial charge >= 0.3 is 6.18 Å². The summed E-state index contributed by atoms with van der Waals surface area (Å²) in [7, 11) is 4.27. The maximum Gasteiger partial charge on any atom is 0.416 e. The molecule has 0 bridgehead atoms. The molecule has 5 rings (SSSR count). The third-order valence-electron chi connectivity index (χ3n) is 9.22. The number of hydrogen-bond acceptors (Lipinski definition) is 4. The van der Waals surface area contributed by atoms with E-state index in [0.29, 0.717) is 35.3 Å². The molecule has 224 valence electrons. The van der Waals surface area contributed by atoms with Gasteiger partial charge in [-0.2, -0.15) is 13.2 Å². The minimum atomic E-state index is -4.45. The van der Waals surface area contributed by atoms with Gasteiger partial charge in [0, 0.05) is 43.4 Å². The highest BCUT2D eigenvalue weighted by molar-refractivity contribution is 5.95. The Hall–Kier alpha value is -2.85. The Bertz CT molecular complexity index is 1210. The molecule has 2 N–H and O–H groups in total. The molecule has 10 heteroatoms. The number of hydrogen-bond donors (Lipinski definition) is 2. The molecule has 1 aromatic carbocycles. The standard InChI is InChI=1S/C31H42F3N5O2/c1-37(2)25-11-13-38(14-12-25)20-27(21-7-4-3-5-8-21)36-29(40)17-26-18-35-30(41)28-16-23(19-39(26)28)22-9-6-10-24(15-22)31(32,33)34/h6,9-10,15-16,19,21,25-27H,3-5,7-8,11-14,17-18,20H2,1-2H3,(H,35,41)(H,36,40)/t26-,27+/m0/s1. The highest BCUT2D eigenvalue weighted by Crippen LogP contribution is 2.34. The van der Waals surface area contributed by atoms with E-state index in [1.807, 2.05) is 0 Å². The minimum absolute atomic E-state index is 0.0508. The van der Waals surface area contributed by atoms with E-state index in [1.165, 1.54) is 25.3 Å². The van der Waals surface area contributed by atoms with Gasteiger partial charge in [-0.1, -0.05) is 31.4 Å². The molecule has 2 aliphatic heterocycles. The maximum absolute atomic E-state index is 13.5. The highest BCUT2D eigenvalue weighted by Gasteiger charge is 2.33. The Balaban J connectivity index is 1.28. The molecule has 41 heavy (non-hydrogen) atoms. The van der Waals surface area contributed by atoms with Gasteiger partial charge in [0.05, 0.1) is 11.6 Å². The molecule has 0 radical (unpaired) electrons. The largest absolute Gasteiger partial charge is 0.416 e. The van der Waals surface area contributed by atoms with Gasteiger partial charge in [0.2, 0.25) is 5.91 Å². The van der Waals surface area contributed by atoms with Crippen LogP contribution >= 0.6 is 0 Å². The van der Waals surface area contributed by atoms with Gasteiger partial charge in [0.15, 0.2) is 0 Å². The molecule has 1 saturated heterocycles.